The molecule has 0 aliphatic heterocycles. The van der Waals surface area contributed by atoms with E-state index in [2.05, 4.69) is 19.2 Å². The van der Waals surface area contributed by atoms with Crippen LogP contribution in [0.4, 0.5) is 0 Å². The predicted molar refractivity (Wildman–Crippen MR) is 273 cm³/mol. The van der Waals surface area contributed by atoms with Crippen LogP contribution in [0.25, 0.3) is 0 Å². The Morgan fingerprint density at radius 1 is 0.429 bits per heavy atom. The highest BCUT2D eigenvalue weighted by atomic mass is 16.5. The standard InChI is InChI=1S/C57H111NO5/c1-3-5-7-9-11-13-15-17-27-31-35-39-43-47-51-57(62)63-52-48-44-40-36-32-28-24-22-20-18-19-21-23-26-30-34-38-42-46-50-56(61)58-54(53-59)55(60)49-45-41-37-33-29-25-16-14-12-10-8-6-4-2/h45,49,54-55,59-60H,3-44,46-48,50-53H2,1-2H3,(H,58,61)/b49-45+. The number of nitrogens with one attached hydrogen (secondary N) is 1. The number of hydrogen-bond donors (Lipinski definition) is 3. The van der Waals surface area contributed by atoms with Crippen molar-refractivity contribution in [3.05, 3.63) is 12.2 Å². The average molecular weight is 891 g/mol. The lowest BCUT2D eigenvalue weighted by Gasteiger charge is -2.20. The van der Waals surface area contributed by atoms with Crippen LogP contribution in [0.15, 0.2) is 12.2 Å². The van der Waals surface area contributed by atoms with Crippen LogP contribution in [0, 0.1) is 0 Å². The van der Waals surface area contributed by atoms with Crippen molar-refractivity contribution in [2.45, 2.75) is 328 Å². The van der Waals surface area contributed by atoms with Gasteiger partial charge in [0.1, 0.15) is 0 Å². The Labute approximate surface area is 393 Å². The molecule has 0 aliphatic carbocycles. The molecular formula is C57H111NO5. The fraction of sp³-hybridized carbons (Fsp3) is 0.930. The molecule has 0 radical (unpaired) electrons. The highest BCUT2D eigenvalue weighted by Crippen LogP contribution is 2.17. The minimum Gasteiger partial charge on any atom is -0.466 e. The van der Waals surface area contributed by atoms with E-state index in [0.29, 0.717) is 19.4 Å². The van der Waals surface area contributed by atoms with E-state index in [9.17, 15) is 19.8 Å². The lowest BCUT2D eigenvalue weighted by atomic mass is 10.0. The van der Waals surface area contributed by atoms with Gasteiger partial charge in [-0.2, -0.15) is 0 Å². The Bertz CT molecular complexity index is 939. The van der Waals surface area contributed by atoms with E-state index in [1.807, 2.05) is 6.08 Å². The second kappa shape index (κ2) is 53.2. The molecule has 0 aromatic heterocycles. The quantitative estimate of drug-likeness (QED) is 0.0321. The first-order chi connectivity index (χ1) is 31.0. The topological polar surface area (TPSA) is 95.9 Å². The zero-order valence-corrected chi connectivity index (χ0v) is 42.6. The molecular weight excluding hydrogens is 779 g/mol. The number of rotatable bonds is 53. The predicted octanol–water partition coefficient (Wildman–Crippen LogP) is 17.3. The second-order valence-corrected chi connectivity index (χ2v) is 19.6. The summed E-state index contributed by atoms with van der Waals surface area (Å²) in [6.07, 6.45) is 62.3. The summed E-state index contributed by atoms with van der Waals surface area (Å²) in [5, 5.41) is 23.1. The third-order valence-electron chi connectivity index (χ3n) is 13.3. The van der Waals surface area contributed by atoms with Gasteiger partial charge < -0.3 is 20.3 Å². The van der Waals surface area contributed by atoms with E-state index in [0.717, 1.165) is 38.5 Å². The number of esters is 1. The van der Waals surface area contributed by atoms with E-state index in [-0.39, 0.29) is 18.5 Å². The lowest BCUT2D eigenvalue weighted by Crippen LogP contribution is -2.45. The highest BCUT2D eigenvalue weighted by Gasteiger charge is 2.18. The third kappa shape index (κ3) is 49.9. The van der Waals surface area contributed by atoms with Gasteiger partial charge in [-0.15, -0.1) is 0 Å². The molecule has 0 aromatic rings. The number of ether oxygens (including phenoxy) is 1. The first-order valence-electron chi connectivity index (χ1n) is 28.5. The molecule has 0 rings (SSSR count). The van der Waals surface area contributed by atoms with E-state index >= 15 is 0 Å². The summed E-state index contributed by atoms with van der Waals surface area (Å²) >= 11 is 0. The molecule has 6 nitrogen and oxygen atoms in total. The summed E-state index contributed by atoms with van der Waals surface area (Å²) in [6, 6.07) is -0.628. The number of aliphatic hydroxyl groups excluding tert-OH is 2. The van der Waals surface area contributed by atoms with Crippen molar-refractivity contribution >= 4 is 11.9 Å². The Kier molecular flexibility index (Phi) is 52.0. The Hall–Kier alpha value is -1.40. The summed E-state index contributed by atoms with van der Waals surface area (Å²) in [6.45, 7) is 4.91. The molecule has 2 atom stereocenters. The van der Waals surface area contributed by atoms with Crippen molar-refractivity contribution in [3.8, 4) is 0 Å². The smallest absolute Gasteiger partial charge is 0.305 e. The van der Waals surface area contributed by atoms with Crippen LogP contribution in [-0.4, -0.2) is 47.4 Å². The minimum absolute atomic E-state index is 0.0108. The van der Waals surface area contributed by atoms with Crippen molar-refractivity contribution in [1.82, 2.24) is 5.32 Å². The Balaban J connectivity index is 3.40. The van der Waals surface area contributed by atoms with E-state index in [1.54, 1.807) is 6.08 Å². The largest absolute Gasteiger partial charge is 0.466 e. The number of allylic oxidation sites excluding steroid dienone is 1. The molecule has 0 fully saturated rings. The molecule has 2 unspecified atom stereocenters. The maximum Gasteiger partial charge on any atom is 0.305 e. The van der Waals surface area contributed by atoms with Crippen LogP contribution < -0.4 is 5.32 Å². The molecule has 0 bridgehead atoms. The van der Waals surface area contributed by atoms with Crippen LogP contribution in [0.2, 0.25) is 0 Å². The van der Waals surface area contributed by atoms with E-state index in [1.165, 1.54) is 250 Å². The number of unbranched alkanes of at least 4 members (excludes halogenated alkanes) is 42. The van der Waals surface area contributed by atoms with Gasteiger partial charge in [0, 0.05) is 12.8 Å². The van der Waals surface area contributed by atoms with Crippen molar-refractivity contribution in [2.24, 2.45) is 0 Å². The van der Waals surface area contributed by atoms with E-state index < -0.39 is 12.1 Å². The molecule has 374 valence electrons. The van der Waals surface area contributed by atoms with Gasteiger partial charge in [0.25, 0.3) is 0 Å². The molecule has 0 heterocycles. The van der Waals surface area contributed by atoms with Gasteiger partial charge in [0.05, 0.1) is 25.4 Å². The molecule has 1 amide bonds. The van der Waals surface area contributed by atoms with Gasteiger partial charge in [0.2, 0.25) is 5.91 Å². The van der Waals surface area contributed by atoms with Crippen LogP contribution in [0.1, 0.15) is 316 Å². The molecule has 0 aromatic carbocycles. The molecule has 6 heteroatoms. The van der Waals surface area contributed by atoms with Crippen molar-refractivity contribution in [3.63, 3.8) is 0 Å². The van der Waals surface area contributed by atoms with Crippen molar-refractivity contribution < 1.29 is 24.5 Å². The lowest BCUT2D eigenvalue weighted by molar-refractivity contribution is -0.143. The average Bonchev–Trinajstić information content (AvgIpc) is 3.28. The molecule has 0 aliphatic rings. The SMILES string of the molecule is CCCCCCCCCCCCC/C=C/C(O)C(CO)NC(=O)CCCCCCCCCCCCCCCCCCCCCOC(=O)CCCCCCCCCCCCCCCC. The third-order valence-corrected chi connectivity index (χ3v) is 13.3. The molecule has 0 saturated carbocycles. The van der Waals surface area contributed by atoms with Crippen molar-refractivity contribution in [1.29, 1.82) is 0 Å². The zero-order valence-electron chi connectivity index (χ0n) is 42.6. The summed E-state index contributed by atoms with van der Waals surface area (Å²) in [7, 11) is 0. The van der Waals surface area contributed by atoms with Crippen LogP contribution in [-0.2, 0) is 14.3 Å². The van der Waals surface area contributed by atoms with Gasteiger partial charge in [-0.3, -0.25) is 9.59 Å². The van der Waals surface area contributed by atoms with Crippen LogP contribution in [0.3, 0.4) is 0 Å². The monoisotopic (exact) mass is 890 g/mol. The minimum atomic E-state index is -0.844. The summed E-state index contributed by atoms with van der Waals surface area (Å²) in [5.41, 5.74) is 0. The molecule has 0 saturated heterocycles. The molecule has 3 N–H and O–H groups in total. The van der Waals surface area contributed by atoms with Crippen LogP contribution >= 0.6 is 0 Å². The number of amides is 1. The first-order valence-corrected chi connectivity index (χ1v) is 28.5. The van der Waals surface area contributed by atoms with Crippen molar-refractivity contribution in [2.75, 3.05) is 13.2 Å². The van der Waals surface area contributed by atoms with Gasteiger partial charge in [-0.05, 0) is 32.1 Å². The molecule has 63 heavy (non-hydrogen) atoms. The fourth-order valence-corrected chi connectivity index (χ4v) is 8.93. The fourth-order valence-electron chi connectivity index (χ4n) is 8.93. The van der Waals surface area contributed by atoms with Gasteiger partial charge in [-0.25, -0.2) is 0 Å². The number of hydrogen-bond acceptors (Lipinski definition) is 5. The normalized spacial score (nSPS) is 12.6. The van der Waals surface area contributed by atoms with Crippen LogP contribution in [0.5, 0.6) is 0 Å². The molecule has 0 spiro atoms. The van der Waals surface area contributed by atoms with Gasteiger partial charge >= 0.3 is 5.97 Å². The maximum absolute atomic E-state index is 12.4. The Morgan fingerprint density at radius 3 is 1.08 bits per heavy atom. The first kappa shape index (κ1) is 61.6. The van der Waals surface area contributed by atoms with Gasteiger partial charge in [0.15, 0.2) is 0 Å². The number of carbonyl (C=O) groups excluding carboxylic acids is 2. The number of aliphatic hydroxyl groups is 2. The summed E-state index contributed by atoms with van der Waals surface area (Å²) < 4.78 is 5.48. The summed E-state index contributed by atoms with van der Waals surface area (Å²) in [4.78, 5) is 24.5. The Morgan fingerprint density at radius 2 is 0.730 bits per heavy atom. The zero-order chi connectivity index (χ0) is 45.8. The second-order valence-electron chi connectivity index (χ2n) is 19.6. The number of carbonyl (C=O) groups is 2. The summed E-state index contributed by atoms with van der Waals surface area (Å²) in [5.74, 6) is -0.0590. The maximum atomic E-state index is 12.4. The van der Waals surface area contributed by atoms with Gasteiger partial charge in [-0.1, -0.05) is 283 Å². The highest BCUT2D eigenvalue weighted by molar-refractivity contribution is 5.76. The van der Waals surface area contributed by atoms with E-state index in [4.69, 9.17) is 4.74 Å².